The number of benzene rings is 1. The Hall–Kier alpha value is -2.48. The van der Waals surface area contributed by atoms with Crippen LogP contribution in [0.15, 0.2) is 40.0 Å². The fourth-order valence-electron chi connectivity index (χ4n) is 3.62. The predicted octanol–water partition coefficient (Wildman–Crippen LogP) is 5.64. The molecule has 0 spiro atoms. The average Bonchev–Trinajstić information content (AvgIpc) is 3.40. The minimum Gasteiger partial charge on any atom is -0.487 e. The lowest BCUT2D eigenvalue weighted by atomic mass is 9.97. The molecule has 5 nitrogen and oxygen atoms in total. The van der Waals surface area contributed by atoms with Gasteiger partial charge in [-0.1, -0.05) is 23.7 Å². The lowest BCUT2D eigenvalue weighted by molar-refractivity contribution is 0.302. The Morgan fingerprint density at radius 3 is 2.87 bits per heavy atom. The summed E-state index contributed by atoms with van der Waals surface area (Å²) in [5.41, 5.74) is 4.67. The van der Waals surface area contributed by atoms with E-state index in [1.165, 1.54) is 16.9 Å². The van der Waals surface area contributed by atoms with Gasteiger partial charge in [0.25, 0.3) is 5.56 Å². The van der Waals surface area contributed by atoms with E-state index in [-0.39, 0.29) is 5.56 Å². The maximum atomic E-state index is 12.7. The molecule has 30 heavy (non-hydrogen) atoms. The molecule has 0 bridgehead atoms. The van der Waals surface area contributed by atoms with Crippen molar-refractivity contribution in [1.82, 2.24) is 15.0 Å². The summed E-state index contributed by atoms with van der Waals surface area (Å²) in [6.07, 6.45) is 6.09. The van der Waals surface area contributed by atoms with Gasteiger partial charge in [-0.15, -0.1) is 22.7 Å². The standard InChI is InChI=1S/C22H18ClN3O2S2/c23-17(9-13-5-7-15(8-6-13)28-10-14-11-29-12-24-14)20-25-21(27)19-16-3-1-2-4-18(16)30-22(19)26-20/h5-9,11-12H,1-4,10H2,(H,25,26,27)/b17-9-. The van der Waals surface area contributed by atoms with Crippen LogP contribution in [-0.2, 0) is 19.4 Å². The predicted molar refractivity (Wildman–Crippen MR) is 123 cm³/mol. The lowest BCUT2D eigenvalue weighted by Gasteiger charge is -2.09. The topological polar surface area (TPSA) is 67.9 Å². The number of ether oxygens (including phenoxy) is 1. The van der Waals surface area contributed by atoms with Crippen LogP contribution < -0.4 is 10.3 Å². The van der Waals surface area contributed by atoms with Crippen LogP contribution in [0.5, 0.6) is 5.75 Å². The minimum atomic E-state index is -0.105. The molecule has 0 fully saturated rings. The first-order valence-corrected chi connectivity index (χ1v) is 11.8. The molecular formula is C22H18ClN3O2S2. The average molecular weight is 456 g/mol. The van der Waals surface area contributed by atoms with Gasteiger partial charge in [-0.05, 0) is 55.0 Å². The third kappa shape index (κ3) is 3.93. The van der Waals surface area contributed by atoms with Gasteiger partial charge < -0.3 is 9.72 Å². The third-order valence-electron chi connectivity index (χ3n) is 5.09. The molecule has 0 radical (unpaired) electrons. The second kappa shape index (κ2) is 8.34. The van der Waals surface area contributed by atoms with Gasteiger partial charge in [0.2, 0.25) is 0 Å². The van der Waals surface area contributed by atoms with Crippen molar-refractivity contribution in [2.75, 3.05) is 0 Å². The highest BCUT2D eigenvalue weighted by Gasteiger charge is 2.20. The summed E-state index contributed by atoms with van der Waals surface area (Å²) in [6, 6.07) is 7.60. The Bertz CT molecular complexity index is 1270. The number of thiazole rings is 1. The van der Waals surface area contributed by atoms with Crippen LogP contribution in [0.3, 0.4) is 0 Å². The number of fused-ring (bicyclic) bond motifs is 3. The van der Waals surface area contributed by atoms with Crippen LogP contribution in [0.25, 0.3) is 21.3 Å². The third-order valence-corrected chi connectivity index (χ3v) is 7.20. The molecule has 3 aromatic heterocycles. The number of aromatic amines is 1. The maximum Gasteiger partial charge on any atom is 0.260 e. The molecule has 8 heteroatoms. The van der Waals surface area contributed by atoms with Crippen molar-refractivity contribution in [3.63, 3.8) is 0 Å². The van der Waals surface area contributed by atoms with Crippen LogP contribution in [0.1, 0.15) is 40.4 Å². The van der Waals surface area contributed by atoms with Crippen molar-refractivity contribution >= 4 is 55.6 Å². The number of thiophene rings is 1. The quantitative estimate of drug-likeness (QED) is 0.423. The molecule has 0 atom stereocenters. The van der Waals surface area contributed by atoms with Gasteiger partial charge in [-0.3, -0.25) is 4.79 Å². The van der Waals surface area contributed by atoms with E-state index < -0.39 is 0 Å². The number of aryl methyl sites for hydroxylation is 2. The fraction of sp³-hybridized carbons (Fsp3) is 0.227. The van der Waals surface area contributed by atoms with Crippen LogP contribution >= 0.6 is 34.3 Å². The highest BCUT2D eigenvalue weighted by Crippen LogP contribution is 2.34. The Morgan fingerprint density at radius 2 is 2.07 bits per heavy atom. The summed E-state index contributed by atoms with van der Waals surface area (Å²) < 4.78 is 5.73. The van der Waals surface area contributed by atoms with Crippen molar-refractivity contribution in [2.24, 2.45) is 0 Å². The highest BCUT2D eigenvalue weighted by molar-refractivity contribution is 7.18. The van der Waals surface area contributed by atoms with E-state index in [0.717, 1.165) is 46.5 Å². The number of nitrogens with zero attached hydrogens (tertiary/aromatic N) is 2. The number of aromatic nitrogens is 3. The van der Waals surface area contributed by atoms with Crippen molar-refractivity contribution < 1.29 is 4.74 Å². The summed E-state index contributed by atoms with van der Waals surface area (Å²) in [6.45, 7) is 0.440. The smallest absolute Gasteiger partial charge is 0.260 e. The largest absolute Gasteiger partial charge is 0.487 e. The number of H-pyrrole nitrogens is 1. The van der Waals surface area contributed by atoms with Gasteiger partial charge in [0.05, 0.1) is 21.6 Å². The molecular weight excluding hydrogens is 438 g/mol. The highest BCUT2D eigenvalue weighted by atomic mass is 35.5. The van der Waals surface area contributed by atoms with E-state index in [9.17, 15) is 4.79 Å². The van der Waals surface area contributed by atoms with E-state index in [4.69, 9.17) is 16.3 Å². The molecule has 0 saturated heterocycles. The van der Waals surface area contributed by atoms with E-state index in [1.54, 1.807) is 34.3 Å². The molecule has 0 amide bonds. The number of nitrogens with one attached hydrogen (secondary N) is 1. The number of hydrogen-bond acceptors (Lipinski definition) is 6. The first kappa shape index (κ1) is 19.5. The van der Waals surface area contributed by atoms with Crippen LogP contribution in [0, 0.1) is 0 Å². The van der Waals surface area contributed by atoms with Crippen LogP contribution in [-0.4, -0.2) is 15.0 Å². The van der Waals surface area contributed by atoms with E-state index in [0.29, 0.717) is 17.5 Å². The van der Waals surface area contributed by atoms with Gasteiger partial charge in [-0.2, -0.15) is 0 Å². The molecule has 1 aliphatic rings. The molecule has 1 N–H and O–H groups in total. The zero-order valence-corrected chi connectivity index (χ0v) is 18.4. The molecule has 0 saturated carbocycles. The van der Waals surface area contributed by atoms with Gasteiger partial charge in [0.1, 0.15) is 17.2 Å². The number of rotatable bonds is 5. The van der Waals surface area contributed by atoms with Crippen molar-refractivity contribution in [2.45, 2.75) is 32.3 Å². The Morgan fingerprint density at radius 1 is 1.23 bits per heavy atom. The van der Waals surface area contributed by atoms with Gasteiger partial charge in [0, 0.05) is 10.3 Å². The van der Waals surface area contributed by atoms with Crippen LogP contribution in [0.2, 0.25) is 0 Å². The molecule has 0 unspecified atom stereocenters. The summed E-state index contributed by atoms with van der Waals surface area (Å²) in [5.74, 6) is 1.16. The molecule has 0 aliphatic heterocycles. The Labute approximate surface area is 186 Å². The van der Waals surface area contributed by atoms with Crippen molar-refractivity contribution in [3.05, 3.63) is 73.0 Å². The normalized spacial score (nSPS) is 14.1. The maximum absolute atomic E-state index is 12.7. The first-order chi connectivity index (χ1) is 14.7. The van der Waals surface area contributed by atoms with E-state index >= 15 is 0 Å². The molecule has 5 rings (SSSR count). The van der Waals surface area contributed by atoms with Gasteiger partial charge in [0.15, 0.2) is 5.82 Å². The molecule has 152 valence electrons. The van der Waals surface area contributed by atoms with E-state index in [1.807, 2.05) is 29.6 Å². The summed E-state index contributed by atoms with van der Waals surface area (Å²) >= 11 is 9.67. The summed E-state index contributed by atoms with van der Waals surface area (Å²) in [7, 11) is 0. The van der Waals surface area contributed by atoms with Crippen LogP contribution in [0.4, 0.5) is 0 Å². The minimum absolute atomic E-state index is 0.105. The van der Waals surface area contributed by atoms with Gasteiger partial charge >= 0.3 is 0 Å². The summed E-state index contributed by atoms with van der Waals surface area (Å²) in [5, 5.41) is 3.10. The van der Waals surface area contributed by atoms with Gasteiger partial charge in [-0.25, -0.2) is 9.97 Å². The molecule has 3 heterocycles. The first-order valence-electron chi connectivity index (χ1n) is 9.69. The number of hydrogen-bond donors (Lipinski definition) is 1. The zero-order valence-electron chi connectivity index (χ0n) is 16.0. The van der Waals surface area contributed by atoms with Crippen molar-refractivity contribution in [3.8, 4) is 5.75 Å². The second-order valence-electron chi connectivity index (χ2n) is 7.14. The SMILES string of the molecule is O=c1[nH]c(/C(Cl)=C/c2ccc(OCc3cscn3)cc2)nc2sc3c(c12)CCCC3. The second-order valence-corrected chi connectivity index (χ2v) is 9.34. The molecule has 1 aliphatic carbocycles. The molecule has 1 aromatic carbocycles. The lowest BCUT2D eigenvalue weighted by Crippen LogP contribution is -2.12. The molecule has 4 aromatic rings. The monoisotopic (exact) mass is 455 g/mol. The zero-order chi connectivity index (χ0) is 20.5. The fourth-order valence-corrected chi connectivity index (χ4v) is 5.64. The van der Waals surface area contributed by atoms with Crippen molar-refractivity contribution in [1.29, 1.82) is 0 Å². The van der Waals surface area contributed by atoms with E-state index in [2.05, 4.69) is 15.0 Å². The Kier molecular flexibility index (Phi) is 5.41. The Balaban J connectivity index is 1.37. The summed E-state index contributed by atoms with van der Waals surface area (Å²) in [4.78, 5) is 26.5. The number of halogens is 1.